The first-order valence-electron chi connectivity index (χ1n) is 26.7. The van der Waals surface area contributed by atoms with Crippen molar-refractivity contribution in [1.29, 1.82) is 0 Å². The molecule has 2 aliphatic rings. The lowest BCUT2D eigenvalue weighted by Gasteiger charge is -2.10. The highest BCUT2D eigenvalue weighted by atomic mass is 35.5. The van der Waals surface area contributed by atoms with Crippen LogP contribution in [0.4, 0.5) is 0 Å². The van der Waals surface area contributed by atoms with E-state index in [0.717, 1.165) is 22.3 Å². The molecule has 5 heterocycles. The van der Waals surface area contributed by atoms with Gasteiger partial charge in [-0.3, -0.25) is 0 Å². The van der Waals surface area contributed by atoms with Gasteiger partial charge in [-0.2, -0.15) is 0 Å². The summed E-state index contributed by atoms with van der Waals surface area (Å²) >= 11 is 28.5. The second kappa shape index (κ2) is 23.2. The van der Waals surface area contributed by atoms with Crippen LogP contribution < -0.4 is 18.9 Å². The van der Waals surface area contributed by atoms with Crippen molar-refractivity contribution in [3.63, 3.8) is 0 Å². The third-order valence-electron chi connectivity index (χ3n) is 14.2. The number of nitrogens with one attached hydrogen (secondary N) is 2. The molecule has 0 atom stereocenters. The van der Waals surface area contributed by atoms with Crippen molar-refractivity contribution >= 4 is 90.5 Å². The summed E-state index contributed by atoms with van der Waals surface area (Å²) in [7, 11) is 0. The number of aromatic nitrogens is 8. The number of fused-ring (bicyclic) bond motifs is 20. The lowest BCUT2D eigenvalue weighted by Crippen LogP contribution is -1.92. The highest BCUT2D eigenvalue weighted by Crippen LogP contribution is 2.46. The van der Waals surface area contributed by atoms with Crippen molar-refractivity contribution in [1.82, 2.24) is 39.9 Å². The van der Waals surface area contributed by atoms with Crippen molar-refractivity contribution in [2.45, 2.75) is 25.7 Å². The largest absolute Gasteiger partial charge is 0.456 e. The molecular weight excluding hydrogens is 1150 g/mol. The molecule has 0 amide bonds. The number of ether oxygens (including phenoxy) is 4. The number of aliphatic hydroxyl groups is 4. The number of hydrogen-bond acceptors (Lipinski definition) is 14. The highest BCUT2D eigenvalue weighted by molar-refractivity contribution is 6.34. The molecule has 418 valence electrons. The molecule has 0 aliphatic carbocycles. The normalized spacial score (nSPS) is 11.7. The highest BCUT2D eigenvalue weighted by Gasteiger charge is 2.27. The monoisotopic (exact) mass is 1190 g/mol. The van der Waals surface area contributed by atoms with Gasteiger partial charge >= 0.3 is 0 Å². The summed E-state index contributed by atoms with van der Waals surface area (Å²) in [5.74, 6) is 4.31. The number of nitrogens with zero attached hydrogens (tertiary/aromatic N) is 6. The van der Waals surface area contributed by atoms with Gasteiger partial charge in [0.2, 0.25) is 0 Å². The van der Waals surface area contributed by atoms with Crippen LogP contribution in [-0.2, 0) is 25.7 Å². The molecule has 16 nitrogen and oxygen atoms in total. The maximum absolute atomic E-state index is 9.54. The first-order chi connectivity index (χ1) is 41.0. The number of hydrogen-bond donors (Lipinski definition) is 6. The summed E-state index contributed by atoms with van der Waals surface area (Å²) in [6.45, 7) is 0.0434. The maximum Gasteiger partial charge on any atom is 0.164 e. The fourth-order valence-electron chi connectivity index (χ4n) is 10.0. The number of halogens is 4. The molecule has 8 bridgehead atoms. The van der Waals surface area contributed by atoms with E-state index in [1.165, 1.54) is 0 Å². The lowest BCUT2D eigenvalue weighted by atomic mass is 10.1. The summed E-state index contributed by atoms with van der Waals surface area (Å²) in [6, 6.07) is 43.5. The van der Waals surface area contributed by atoms with E-state index >= 15 is 0 Å². The third kappa shape index (κ3) is 10.9. The van der Waals surface area contributed by atoms with E-state index in [0.29, 0.717) is 138 Å². The lowest BCUT2D eigenvalue weighted by molar-refractivity contribution is 0.299. The van der Waals surface area contributed by atoms with Crippen LogP contribution >= 0.6 is 46.4 Å². The van der Waals surface area contributed by atoms with E-state index < -0.39 is 0 Å². The summed E-state index contributed by atoms with van der Waals surface area (Å²) in [6.07, 6.45) is 1.98. The van der Waals surface area contributed by atoms with E-state index in [1.807, 2.05) is 97.1 Å². The molecule has 13 rings (SSSR count). The number of H-pyrrole nitrogens is 2. The average Bonchev–Trinajstić information content (AvgIpc) is 3.66. The minimum atomic E-state index is 0.0107. The molecule has 11 aromatic rings. The van der Waals surface area contributed by atoms with E-state index in [2.05, 4.69) is 9.97 Å². The van der Waals surface area contributed by atoms with Gasteiger partial charge in [0.05, 0.1) is 20.1 Å². The smallest absolute Gasteiger partial charge is 0.164 e. The molecule has 0 radical (unpaired) electrons. The Kier molecular flexibility index (Phi) is 15.0. The van der Waals surface area contributed by atoms with Crippen LogP contribution in [0.1, 0.15) is 22.3 Å². The van der Waals surface area contributed by atoms with Gasteiger partial charge in [-0.25, -0.2) is 29.9 Å². The van der Waals surface area contributed by atoms with Crippen molar-refractivity contribution < 1.29 is 39.4 Å². The van der Waals surface area contributed by atoms with Gasteiger partial charge in [-0.05, 0) is 145 Å². The summed E-state index contributed by atoms with van der Waals surface area (Å²) < 4.78 is 25.7. The van der Waals surface area contributed by atoms with Gasteiger partial charge in [0.25, 0.3) is 0 Å². The van der Waals surface area contributed by atoms with Crippen LogP contribution in [0.2, 0.25) is 20.1 Å². The Hall–Kier alpha value is -8.68. The maximum atomic E-state index is 9.54. The Balaban J connectivity index is 1.06. The molecule has 8 aromatic carbocycles. The van der Waals surface area contributed by atoms with E-state index in [4.69, 9.17) is 95.3 Å². The fraction of sp³-hybridized carbons (Fsp3) is 0.125. The standard InChI is InChI=1S/C64H46Cl4N8O8/c65-49-25-41-45(29-53(49)81-37-9-1-33(2-10-37)17-21-77)61-69-57(41)74-62-47-31-55(83-39-13-5-35(6-14-39)19-23-79)51(67)27-43(47)59(71-62)76-64-48-32-56(84-40-15-7-36(8-16-40)20-24-80)52(68)28-44(48)60(72-64)75-63-46-30-54(50(66)26-42(46)58(70-63)73-61)82-38-11-3-34(4-12-38)18-22-78/h1-16,25-32,77-80H,17-24H2,(H2,69,70,71,72,73,74,75,76). The van der Waals surface area contributed by atoms with Gasteiger partial charge in [0.1, 0.15) is 68.6 Å². The van der Waals surface area contributed by atoms with Crippen LogP contribution in [0.25, 0.3) is 89.7 Å². The molecule has 0 spiro atoms. The second-order valence-corrected chi connectivity index (χ2v) is 21.4. The Morgan fingerprint density at radius 3 is 0.810 bits per heavy atom. The number of benzene rings is 8. The molecule has 0 saturated heterocycles. The average molecular weight is 1200 g/mol. The third-order valence-corrected chi connectivity index (χ3v) is 15.4. The van der Waals surface area contributed by atoms with Gasteiger partial charge in [0, 0.05) is 70.2 Å². The van der Waals surface area contributed by atoms with Crippen molar-refractivity contribution in [3.05, 3.63) is 188 Å². The SMILES string of the molecule is OCCc1ccc(Oc2cc3c(cc2Cl)-c2nc-3nc3[nH]c(nc4nc(nc5[nH]c(n2)c2cc(Oc6ccc(CCO)cc6)c(Cl)cc52)-c2cc(Oc5ccc(CCO)cc5)c(Cl)cc2-4)c2cc(Oc4ccc(CCO)cc4)c(Cl)cc32)cc1. The van der Waals surface area contributed by atoms with Crippen LogP contribution in [-0.4, -0.2) is 86.7 Å². The predicted octanol–water partition coefficient (Wildman–Crippen LogP) is 14.8. The molecule has 0 unspecified atom stereocenters. The first-order valence-corrected chi connectivity index (χ1v) is 28.2. The van der Waals surface area contributed by atoms with Gasteiger partial charge in [0.15, 0.2) is 23.3 Å². The number of aliphatic hydroxyl groups excluding tert-OH is 4. The number of aromatic amines is 2. The molecule has 0 fully saturated rings. The summed E-state index contributed by atoms with van der Waals surface area (Å²) in [4.78, 5) is 38.1. The molecule has 20 heteroatoms. The summed E-state index contributed by atoms with van der Waals surface area (Å²) in [5, 5.41) is 41.5. The van der Waals surface area contributed by atoms with E-state index in [9.17, 15) is 20.4 Å². The molecule has 0 saturated carbocycles. The summed E-state index contributed by atoms with van der Waals surface area (Å²) in [5.41, 5.74) is 7.20. The van der Waals surface area contributed by atoms with E-state index in [1.54, 1.807) is 48.5 Å². The van der Waals surface area contributed by atoms with Crippen LogP contribution in [0, 0.1) is 0 Å². The zero-order valence-corrected chi connectivity index (χ0v) is 47.2. The van der Waals surface area contributed by atoms with Crippen molar-refractivity contribution in [2.24, 2.45) is 0 Å². The predicted molar refractivity (Wildman–Crippen MR) is 325 cm³/mol. The van der Waals surface area contributed by atoms with Gasteiger partial charge in [-0.15, -0.1) is 0 Å². The number of rotatable bonds is 16. The second-order valence-electron chi connectivity index (χ2n) is 19.8. The fourth-order valence-corrected chi connectivity index (χ4v) is 10.8. The molecular formula is C64H46Cl4N8O8. The Labute approximate surface area is 498 Å². The quantitative estimate of drug-likeness (QED) is 0.0529. The Bertz CT molecular complexity index is 4260. The molecule has 2 aliphatic heterocycles. The first kappa shape index (κ1) is 54.6. The molecule has 84 heavy (non-hydrogen) atoms. The zero-order valence-electron chi connectivity index (χ0n) is 44.1. The van der Waals surface area contributed by atoms with Crippen LogP contribution in [0.3, 0.4) is 0 Å². The minimum Gasteiger partial charge on any atom is -0.456 e. The zero-order chi connectivity index (χ0) is 57.6. The van der Waals surface area contributed by atoms with Crippen molar-refractivity contribution in [3.8, 4) is 91.5 Å². The van der Waals surface area contributed by atoms with Crippen LogP contribution in [0.15, 0.2) is 146 Å². The molecule has 6 N–H and O–H groups in total. The minimum absolute atomic E-state index is 0.0107. The van der Waals surface area contributed by atoms with Crippen LogP contribution in [0.5, 0.6) is 46.0 Å². The van der Waals surface area contributed by atoms with Gasteiger partial charge in [-0.1, -0.05) is 94.9 Å². The molecule has 3 aromatic heterocycles. The van der Waals surface area contributed by atoms with E-state index in [-0.39, 0.29) is 69.8 Å². The Morgan fingerprint density at radius 1 is 0.298 bits per heavy atom. The van der Waals surface area contributed by atoms with Gasteiger partial charge < -0.3 is 49.3 Å². The van der Waals surface area contributed by atoms with Crippen molar-refractivity contribution in [2.75, 3.05) is 26.4 Å². The topological polar surface area (TPSA) is 227 Å². The Morgan fingerprint density at radius 2 is 0.536 bits per heavy atom.